The van der Waals surface area contributed by atoms with E-state index in [2.05, 4.69) is 13.8 Å². The third-order valence-corrected chi connectivity index (χ3v) is 10.6. The molecule has 0 aliphatic heterocycles. The second-order valence-electron chi connectivity index (χ2n) is 15.3. The number of esters is 2. The summed E-state index contributed by atoms with van der Waals surface area (Å²) in [5.74, 6) is -0.815. The van der Waals surface area contributed by atoms with Gasteiger partial charge in [0, 0.05) is 0 Å². The normalized spacial score (nSPS) is 10.8. The van der Waals surface area contributed by atoms with Gasteiger partial charge in [-0.3, -0.25) is 0 Å². The molecular formula is C46H86ClNO4. The fourth-order valence-electron chi connectivity index (χ4n) is 7.03. The molecule has 0 atom stereocenters. The van der Waals surface area contributed by atoms with Gasteiger partial charge in [0.05, 0.1) is 24.3 Å². The van der Waals surface area contributed by atoms with Crippen molar-refractivity contribution < 1.29 is 19.1 Å². The molecule has 0 fully saturated rings. The molecule has 6 heteroatoms. The fourth-order valence-corrected chi connectivity index (χ4v) is 7.03. The lowest BCUT2D eigenvalue weighted by Crippen LogP contribution is -2.17. The number of halogens is 1. The van der Waals surface area contributed by atoms with Gasteiger partial charge in [-0.05, 0) is 43.9 Å². The van der Waals surface area contributed by atoms with Crippen LogP contribution in [0.25, 0.3) is 0 Å². The molecule has 3 N–H and O–H groups in total. The van der Waals surface area contributed by atoms with Crippen LogP contribution in [0.4, 0.5) is 0 Å². The molecule has 52 heavy (non-hydrogen) atoms. The van der Waals surface area contributed by atoms with Crippen LogP contribution in [-0.4, -0.2) is 25.2 Å². The van der Waals surface area contributed by atoms with Gasteiger partial charge < -0.3 is 15.6 Å². The number of carbonyl (C=O) groups excluding carboxylic acids is 2. The summed E-state index contributed by atoms with van der Waals surface area (Å²) < 4.78 is 11.3. The highest BCUT2D eigenvalue weighted by Crippen LogP contribution is 2.22. The largest absolute Gasteiger partial charge is 0.462 e. The van der Waals surface area contributed by atoms with E-state index in [1.165, 1.54) is 180 Å². The van der Waals surface area contributed by atoms with Gasteiger partial charge in [0.15, 0.2) is 0 Å². The zero-order valence-electron chi connectivity index (χ0n) is 34.9. The van der Waals surface area contributed by atoms with Crippen LogP contribution in [0.5, 0.6) is 0 Å². The van der Waals surface area contributed by atoms with Gasteiger partial charge in [-0.1, -0.05) is 213 Å². The quantitative estimate of drug-likeness (QED) is 0.0545. The Labute approximate surface area is 329 Å². The number of benzene rings is 1. The topological polar surface area (TPSA) is 87.6 Å². The minimum absolute atomic E-state index is 0. The first-order chi connectivity index (χ1) is 24.5. The molecule has 1 aromatic rings. The van der Waals surface area contributed by atoms with Crippen molar-refractivity contribution in [3.05, 3.63) is 34.4 Å². The summed E-state index contributed by atoms with van der Waals surface area (Å²) in [4.78, 5) is 26.1. The van der Waals surface area contributed by atoms with E-state index in [1.807, 2.05) is 19.9 Å². The van der Waals surface area contributed by atoms with Crippen LogP contribution < -0.4 is 6.15 Å². The maximum Gasteiger partial charge on any atom is 0.339 e. The maximum absolute atomic E-state index is 13.1. The van der Waals surface area contributed by atoms with Gasteiger partial charge in [-0.25, -0.2) is 9.59 Å². The van der Waals surface area contributed by atoms with E-state index < -0.39 is 11.9 Å². The average Bonchev–Trinajstić information content (AvgIpc) is 3.11. The molecule has 0 heterocycles. The van der Waals surface area contributed by atoms with Crippen molar-refractivity contribution in [2.45, 2.75) is 233 Å². The lowest BCUT2D eigenvalue weighted by molar-refractivity contribution is 0.0449. The third kappa shape index (κ3) is 28.9. The van der Waals surface area contributed by atoms with Gasteiger partial charge in [0.2, 0.25) is 0 Å². The van der Waals surface area contributed by atoms with Crippen LogP contribution in [0.3, 0.4) is 0 Å². The molecule has 0 saturated heterocycles. The lowest BCUT2D eigenvalue weighted by atomic mass is 9.97. The molecule has 5 nitrogen and oxygen atoms in total. The van der Waals surface area contributed by atoms with Gasteiger partial charge in [-0.15, -0.1) is 12.4 Å². The summed E-state index contributed by atoms with van der Waals surface area (Å²) in [5.41, 5.74) is 2.49. The molecule has 1 rings (SSSR count). The number of rotatable bonds is 36. The van der Waals surface area contributed by atoms with Crippen molar-refractivity contribution in [3.8, 4) is 0 Å². The molecular weight excluding hydrogens is 666 g/mol. The zero-order chi connectivity index (χ0) is 36.3. The Morgan fingerprint density at radius 3 is 1.00 bits per heavy atom. The van der Waals surface area contributed by atoms with E-state index >= 15 is 0 Å². The standard InChI is InChI=1S/C46H82O4.ClH.H3N/c1-5-7-9-11-13-15-17-19-21-23-25-27-29-31-33-35-39-49-45(47)43-38-37-41(3)42(4)44(43)46(48)50-40-36-34-32-30-28-26-24-22-20-18-16-14-12-10-8-6-2;;/h37-38H,5-36,39-40H2,1-4H3;1H;1H3. The van der Waals surface area contributed by atoms with Gasteiger partial charge in [0.25, 0.3) is 0 Å². The fraction of sp³-hybridized carbons (Fsp3) is 0.826. The summed E-state index contributed by atoms with van der Waals surface area (Å²) in [6, 6.07) is 3.62. The number of carbonyl (C=O) groups is 2. The van der Waals surface area contributed by atoms with Crippen molar-refractivity contribution in [1.29, 1.82) is 0 Å². The molecule has 0 spiro atoms. The number of aryl methyl sites for hydroxylation is 1. The Balaban J connectivity index is 0. The van der Waals surface area contributed by atoms with E-state index in [-0.39, 0.29) is 18.6 Å². The number of unbranched alkanes of at least 4 members (excludes halogenated alkanes) is 30. The van der Waals surface area contributed by atoms with Crippen molar-refractivity contribution in [1.82, 2.24) is 6.15 Å². The van der Waals surface area contributed by atoms with Crippen LogP contribution in [0.15, 0.2) is 12.1 Å². The van der Waals surface area contributed by atoms with Crippen molar-refractivity contribution in [2.24, 2.45) is 0 Å². The Kier molecular flexibility index (Phi) is 39.5. The van der Waals surface area contributed by atoms with Crippen LogP contribution >= 0.6 is 12.4 Å². The monoisotopic (exact) mass is 752 g/mol. The Morgan fingerprint density at radius 1 is 0.423 bits per heavy atom. The molecule has 0 aliphatic rings. The van der Waals surface area contributed by atoms with Crippen LogP contribution in [0.1, 0.15) is 251 Å². The summed E-state index contributed by atoms with van der Waals surface area (Å²) >= 11 is 0. The molecule has 0 aliphatic carbocycles. The molecule has 306 valence electrons. The minimum Gasteiger partial charge on any atom is -0.462 e. The van der Waals surface area contributed by atoms with Gasteiger partial charge >= 0.3 is 11.9 Å². The van der Waals surface area contributed by atoms with E-state index in [0.29, 0.717) is 24.3 Å². The zero-order valence-corrected chi connectivity index (χ0v) is 35.8. The predicted molar refractivity (Wildman–Crippen MR) is 228 cm³/mol. The molecule has 0 amide bonds. The van der Waals surface area contributed by atoms with E-state index in [0.717, 1.165) is 36.8 Å². The highest BCUT2D eigenvalue weighted by molar-refractivity contribution is 6.04. The lowest BCUT2D eigenvalue weighted by Gasteiger charge is -2.14. The number of ether oxygens (including phenoxy) is 2. The SMILES string of the molecule is CCCCCCCCCCCCCCCCCCOC(=O)c1ccc(C)c(C)c1C(=O)OCCCCCCCCCCCCCCCCCC.Cl.N. The first-order valence-corrected chi connectivity index (χ1v) is 22.0. The van der Waals surface area contributed by atoms with E-state index in [9.17, 15) is 9.59 Å². The highest BCUT2D eigenvalue weighted by Gasteiger charge is 2.23. The Bertz CT molecular complexity index is 953. The summed E-state index contributed by atoms with van der Waals surface area (Å²) in [7, 11) is 0. The van der Waals surface area contributed by atoms with Crippen LogP contribution in [0.2, 0.25) is 0 Å². The van der Waals surface area contributed by atoms with Crippen molar-refractivity contribution in [3.63, 3.8) is 0 Å². The van der Waals surface area contributed by atoms with Crippen molar-refractivity contribution >= 4 is 24.3 Å². The maximum atomic E-state index is 13.1. The van der Waals surface area contributed by atoms with Crippen LogP contribution in [0, 0.1) is 13.8 Å². The first kappa shape index (κ1) is 52.5. The minimum atomic E-state index is -0.414. The molecule has 0 radical (unpaired) electrons. The third-order valence-electron chi connectivity index (χ3n) is 10.6. The first-order valence-electron chi connectivity index (χ1n) is 22.0. The number of hydrogen-bond donors (Lipinski definition) is 1. The molecule has 0 bridgehead atoms. The molecule has 0 saturated carbocycles. The highest BCUT2D eigenvalue weighted by atomic mass is 35.5. The Morgan fingerprint density at radius 2 is 0.692 bits per heavy atom. The Hall–Kier alpha value is -1.59. The van der Waals surface area contributed by atoms with Crippen LogP contribution in [-0.2, 0) is 9.47 Å². The van der Waals surface area contributed by atoms with Gasteiger partial charge in [-0.2, -0.15) is 0 Å². The van der Waals surface area contributed by atoms with E-state index in [4.69, 9.17) is 9.47 Å². The molecule has 0 unspecified atom stereocenters. The molecule has 1 aromatic carbocycles. The number of hydrogen-bond acceptors (Lipinski definition) is 5. The molecule has 0 aromatic heterocycles. The summed E-state index contributed by atoms with van der Waals surface area (Å²) in [6.45, 7) is 9.23. The summed E-state index contributed by atoms with van der Waals surface area (Å²) in [5, 5.41) is 0. The second kappa shape index (κ2) is 39.1. The summed E-state index contributed by atoms with van der Waals surface area (Å²) in [6.07, 6.45) is 42.1. The van der Waals surface area contributed by atoms with Gasteiger partial charge in [0.1, 0.15) is 0 Å². The van der Waals surface area contributed by atoms with Crippen molar-refractivity contribution in [2.75, 3.05) is 13.2 Å². The predicted octanol–water partition coefficient (Wildman–Crippen LogP) is 15.7. The second-order valence-corrected chi connectivity index (χ2v) is 15.3. The van der Waals surface area contributed by atoms with E-state index in [1.54, 1.807) is 6.07 Å². The average molecular weight is 753 g/mol. The smallest absolute Gasteiger partial charge is 0.339 e.